The highest BCUT2D eigenvalue weighted by Gasteiger charge is 1.98. The van der Waals surface area contributed by atoms with Crippen molar-refractivity contribution in [3.63, 3.8) is 0 Å². The first-order valence-corrected chi connectivity index (χ1v) is 3.98. The number of carbonyl (C=O) groups is 1. The van der Waals surface area contributed by atoms with Gasteiger partial charge in [0.25, 0.3) is 6.01 Å². The molecule has 0 saturated carbocycles. The number of hydrogen-bond donors (Lipinski definition) is 0. The van der Waals surface area contributed by atoms with Gasteiger partial charge in [0.05, 0.1) is 0 Å². The van der Waals surface area contributed by atoms with Crippen molar-refractivity contribution in [2.75, 3.05) is 0 Å². The van der Waals surface area contributed by atoms with Gasteiger partial charge in [0.1, 0.15) is 0 Å². The third-order valence-corrected chi connectivity index (χ3v) is 1.42. The lowest BCUT2D eigenvalue weighted by atomic mass is 10.2. The topological polar surface area (TPSA) is 26.3 Å². The summed E-state index contributed by atoms with van der Waals surface area (Å²) in [5.74, 6) is -0.777. The van der Waals surface area contributed by atoms with E-state index in [2.05, 4.69) is 11.3 Å². The van der Waals surface area contributed by atoms with Gasteiger partial charge in [0.2, 0.25) is 0 Å². The Kier molecular flexibility index (Phi) is 3.61. The summed E-state index contributed by atoms with van der Waals surface area (Å²) in [4.78, 5) is 10.8. The van der Waals surface area contributed by atoms with Crippen LogP contribution in [0, 0.1) is 0 Å². The van der Waals surface area contributed by atoms with Crippen LogP contribution in [0.5, 0.6) is 0 Å². The first-order valence-electron chi connectivity index (χ1n) is 3.98. The van der Waals surface area contributed by atoms with Crippen molar-refractivity contribution < 1.29 is 13.9 Å². The summed E-state index contributed by atoms with van der Waals surface area (Å²) in [6.45, 7) is 2.81. The van der Waals surface area contributed by atoms with Crippen LogP contribution in [0.2, 0.25) is 0 Å². The molecule has 0 amide bonds. The fourth-order valence-corrected chi connectivity index (χ4v) is 0.872. The maximum absolute atomic E-state index is 12.0. The molecule has 1 aromatic rings. The van der Waals surface area contributed by atoms with E-state index in [9.17, 15) is 9.18 Å². The van der Waals surface area contributed by atoms with E-state index in [1.165, 1.54) is 6.08 Å². The van der Waals surface area contributed by atoms with Gasteiger partial charge in [-0.2, -0.15) is 4.39 Å². The van der Waals surface area contributed by atoms with Crippen molar-refractivity contribution in [3.8, 4) is 0 Å². The molecule has 72 valence electrons. The molecule has 2 nitrogen and oxygen atoms in total. The Morgan fingerprint density at radius 3 is 2.57 bits per heavy atom. The van der Waals surface area contributed by atoms with Gasteiger partial charge in [-0.25, -0.2) is 4.79 Å². The molecule has 0 bridgehead atoms. The van der Waals surface area contributed by atoms with Crippen LogP contribution in [-0.4, -0.2) is 5.97 Å². The molecule has 0 atom stereocenters. The Morgan fingerprint density at radius 1 is 1.36 bits per heavy atom. The molecule has 1 aromatic carbocycles. The second-order valence-electron chi connectivity index (χ2n) is 2.52. The van der Waals surface area contributed by atoms with Crippen LogP contribution in [0.15, 0.2) is 49.0 Å². The van der Waals surface area contributed by atoms with Gasteiger partial charge in [-0.3, -0.25) is 0 Å². The predicted molar refractivity (Wildman–Crippen MR) is 51.8 cm³/mol. The molecule has 0 aliphatic rings. The highest BCUT2D eigenvalue weighted by Crippen LogP contribution is 2.02. The fraction of sp³-hybridized carbons (Fsp3) is 0. The molecular weight excluding hydrogens is 183 g/mol. The third kappa shape index (κ3) is 3.67. The summed E-state index contributed by atoms with van der Waals surface area (Å²) in [7, 11) is 0. The fourth-order valence-electron chi connectivity index (χ4n) is 0.872. The molecule has 0 spiro atoms. The lowest BCUT2D eigenvalue weighted by molar-refractivity contribution is -0.135. The molecule has 3 heteroatoms. The largest absolute Gasteiger partial charge is 0.396 e. The van der Waals surface area contributed by atoms with E-state index in [-0.39, 0.29) is 0 Å². The lowest BCUT2D eigenvalue weighted by Crippen LogP contribution is -1.95. The standard InChI is InChI=1S/C11H9FO2/c1-9(12)14-11(13)8-7-10-5-3-2-4-6-10/h2-8H,1H2. The van der Waals surface area contributed by atoms with E-state index in [1.807, 2.05) is 30.3 Å². The molecule has 1 rings (SSSR count). The highest BCUT2D eigenvalue weighted by atomic mass is 19.1. The molecule has 0 heterocycles. The Bertz CT molecular complexity index is 355. The zero-order valence-corrected chi connectivity index (χ0v) is 7.44. The average molecular weight is 192 g/mol. The number of benzene rings is 1. The van der Waals surface area contributed by atoms with Crippen LogP contribution in [0.3, 0.4) is 0 Å². The Hall–Kier alpha value is -1.90. The van der Waals surface area contributed by atoms with Gasteiger partial charge in [-0.1, -0.05) is 30.3 Å². The quantitative estimate of drug-likeness (QED) is 0.418. The van der Waals surface area contributed by atoms with Gasteiger partial charge in [0, 0.05) is 6.08 Å². The predicted octanol–water partition coefficient (Wildman–Crippen LogP) is 2.68. The second-order valence-corrected chi connectivity index (χ2v) is 2.52. The van der Waals surface area contributed by atoms with Crippen LogP contribution in [0.1, 0.15) is 5.56 Å². The Labute approximate surface area is 81.3 Å². The SMILES string of the molecule is C=C(F)OC(=O)C=Cc1ccccc1. The number of carbonyl (C=O) groups excluding carboxylic acids is 1. The molecule has 0 aliphatic heterocycles. The van der Waals surface area contributed by atoms with E-state index in [0.717, 1.165) is 11.6 Å². The zero-order valence-electron chi connectivity index (χ0n) is 7.44. The summed E-state index contributed by atoms with van der Waals surface area (Å²) in [5, 5.41) is 0. The van der Waals surface area contributed by atoms with Crippen LogP contribution < -0.4 is 0 Å². The maximum Gasteiger partial charge on any atom is 0.338 e. The molecule has 0 N–H and O–H groups in total. The van der Waals surface area contributed by atoms with Crippen molar-refractivity contribution in [2.24, 2.45) is 0 Å². The zero-order chi connectivity index (χ0) is 10.4. The van der Waals surface area contributed by atoms with Crippen molar-refractivity contribution in [1.29, 1.82) is 0 Å². The van der Waals surface area contributed by atoms with Gasteiger partial charge in [-0.15, -0.1) is 0 Å². The van der Waals surface area contributed by atoms with Gasteiger partial charge < -0.3 is 4.74 Å². The van der Waals surface area contributed by atoms with E-state index < -0.39 is 12.0 Å². The summed E-state index contributed by atoms with van der Waals surface area (Å²) in [5.41, 5.74) is 0.842. The smallest absolute Gasteiger partial charge is 0.338 e. The minimum absolute atomic E-state index is 0.777. The van der Waals surface area contributed by atoms with Crippen LogP contribution in [-0.2, 0) is 9.53 Å². The molecule has 0 saturated heterocycles. The number of ether oxygens (including phenoxy) is 1. The van der Waals surface area contributed by atoms with E-state index in [1.54, 1.807) is 0 Å². The molecule has 14 heavy (non-hydrogen) atoms. The maximum atomic E-state index is 12.0. The Morgan fingerprint density at radius 2 is 2.00 bits per heavy atom. The first kappa shape index (κ1) is 10.2. The van der Waals surface area contributed by atoms with Gasteiger partial charge in [0.15, 0.2) is 0 Å². The minimum atomic E-state index is -1.10. The molecule has 0 radical (unpaired) electrons. The minimum Gasteiger partial charge on any atom is -0.396 e. The lowest BCUT2D eigenvalue weighted by Gasteiger charge is -1.94. The molecule has 0 aliphatic carbocycles. The van der Waals surface area contributed by atoms with E-state index >= 15 is 0 Å². The third-order valence-electron chi connectivity index (χ3n) is 1.42. The monoisotopic (exact) mass is 192 g/mol. The Balaban J connectivity index is 2.56. The van der Waals surface area contributed by atoms with Gasteiger partial charge >= 0.3 is 5.97 Å². The van der Waals surface area contributed by atoms with Crippen molar-refractivity contribution in [2.45, 2.75) is 0 Å². The number of esters is 1. The van der Waals surface area contributed by atoms with Crippen molar-refractivity contribution in [3.05, 3.63) is 54.6 Å². The number of hydrogen-bond acceptors (Lipinski definition) is 2. The highest BCUT2D eigenvalue weighted by molar-refractivity contribution is 5.87. The van der Waals surface area contributed by atoms with E-state index in [4.69, 9.17) is 0 Å². The summed E-state index contributed by atoms with van der Waals surface area (Å²) in [6, 6.07) is 8.05. The van der Waals surface area contributed by atoms with E-state index in [0.29, 0.717) is 0 Å². The summed E-state index contributed by atoms with van der Waals surface area (Å²) < 4.78 is 16.1. The molecule has 0 unspecified atom stereocenters. The normalized spacial score (nSPS) is 10.1. The molecular formula is C11H9FO2. The number of halogens is 1. The number of rotatable bonds is 3. The van der Waals surface area contributed by atoms with Crippen molar-refractivity contribution >= 4 is 12.0 Å². The molecule has 0 aromatic heterocycles. The van der Waals surface area contributed by atoms with Crippen LogP contribution >= 0.6 is 0 Å². The molecule has 0 fully saturated rings. The van der Waals surface area contributed by atoms with Gasteiger partial charge in [-0.05, 0) is 18.2 Å². The summed E-state index contributed by atoms with van der Waals surface area (Å²) in [6.07, 6.45) is 2.67. The second kappa shape index (κ2) is 4.97. The summed E-state index contributed by atoms with van der Waals surface area (Å²) >= 11 is 0. The van der Waals surface area contributed by atoms with Crippen LogP contribution in [0.4, 0.5) is 4.39 Å². The van der Waals surface area contributed by atoms with Crippen LogP contribution in [0.25, 0.3) is 6.08 Å². The van der Waals surface area contributed by atoms with Crippen molar-refractivity contribution in [1.82, 2.24) is 0 Å². The average Bonchev–Trinajstić information content (AvgIpc) is 2.15. The first-order chi connectivity index (χ1) is 6.68.